The summed E-state index contributed by atoms with van der Waals surface area (Å²) in [6.07, 6.45) is -1.11. The van der Waals surface area contributed by atoms with Gasteiger partial charge in [0.2, 0.25) is 0 Å². The van der Waals surface area contributed by atoms with Crippen LogP contribution in [0.15, 0.2) is 24.3 Å². The van der Waals surface area contributed by atoms with Gasteiger partial charge >= 0.3 is 6.09 Å². The predicted molar refractivity (Wildman–Crippen MR) is 67.3 cm³/mol. The van der Waals surface area contributed by atoms with Crippen LogP contribution in [-0.2, 0) is 11.3 Å². The maximum atomic E-state index is 11.1. The minimum atomic E-state index is -0.627. The van der Waals surface area contributed by atoms with E-state index in [9.17, 15) is 14.9 Å². The van der Waals surface area contributed by atoms with Crippen molar-refractivity contribution in [1.29, 1.82) is 0 Å². The average molecular weight is 276 g/mol. The summed E-state index contributed by atoms with van der Waals surface area (Å²) in [5, 5.41) is 12.7. The Morgan fingerprint density at radius 2 is 2.06 bits per heavy atom. The van der Waals surface area contributed by atoms with Crippen molar-refractivity contribution in [2.75, 3.05) is 0 Å². The van der Waals surface area contributed by atoms with Crippen LogP contribution in [0.25, 0.3) is 0 Å². The van der Waals surface area contributed by atoms with Crippen LogP contribution in [0.3, 0.4) is 0 Å². The molecule has 0 radical (unpaired) electrons. The van der Waals surface area contributed by atoms with Gasteiger partial charge in [0.15, 0.2) is 0 Å². The number of nitro groups is 1. The molecule has 0 saturated heterocycles. The number of halogens is 1. The van der Waals surface area contributed by atoms with Gasteiger partial charge in [-0.05, 0) is 24.6 Å². The Morgan fingerprint density at radius 3 is 2.50 bits per heavy atom. The van der Waals surface area contributed by atoms with Crippen LogP contribution < -0.4 is 11.1 Å². The Bertz CT molecular complexity index is 408. The molecule has 0 spiro atoms. The molecule has 1 amide bonds. The van der Waals surface area contributed by atoms with Crippen molar-refractivity contribution in [3.8, 4) is 0 Å². The number of amides is 1. The lowest BCUT2D eigenvalue weighted by atomic mass is 10.2. The molecule has 1 aromatic rings. The Balaban J connectivity index is 0.00000289. The third kappa shape index (κ3) is 5.46. The highest BCUT2D eigenvalue weighted by Gasteiger charge is 2.06. The zero-order valence-corrected chi connectivity index (χ0v) is 10.5. The summed E-state index contributed by atoms with van der Waals surface area (Å²) in [5.74, 6) is 0. The number of carbonyl (C=O) groups is 1. The predicted octanol–water partition coefficient (Wildman–Crippen LogP) is 1.55. The molecule has 100 valence electrons. The fourth-order valence-electron chi connectivity index (χ4n) is 1.09. The second kappa shape index (κ2) is 7.46. The van der Waals surface area contributed by atoms with Gasteiger partial charge in [0.25, 0.3) is 5.69 Å². The third-order valence-electron chi connectivity index (χ3n) is 1.86. The van der Waals surface area contributed by atoms with E-state index in [0.717, 1.165) is 0 Å². The van der Waals surface area contributed by atoms with E-state index in [1.165, 1.54) is 24.3 Å². The van der Waals surface area contributed by atoms with Crippen LogP contribution in [0.2, 0.25) is 0 Å². The van der Waals surface area contributed by atoms with Crippen molar-refractivity contribution >= 4 is 24.2 Å². The highest BCUT2D eigenvalue weighted by atomic mass is 35.5. The quantitative estimate of drug-likeness (QED) is 0.492. The molecule has 0 aromatic heterocycles. The lowest BCUT2D eigenvalue weighted by Gasteiger charge is -2.09. The Labute approximate surface area is 110 Å². The molecule has 1 unspecified atom stereocenters. The van der Waals surface area contributed by atoms with E-state index in [2.05, 4.69) is 5.32 Å². The van der Waals surface area contributed by atoms with Crippen molar-refractivity contribution < 1.29 is 14.5 Å². The fraction of sp³-hybridized carbons (Fsp3) is 0.300. The number of hydrogen-bond donors (Lipinski definition) is 2. The van der Waals surface area contributed by atoms with Gasteiger partial charge in [-0.3, -0.25) is 10.1 Å². The second-order valence-electron chi connectivity index (χ2n) is 3.43. The van der Waals surface area contributed by atoms with Gasteiger partial charge < -0.3 is 15.8 Å². The standard InChI is InChI=1S/C10H13N3O4.ClH/c1-7(11)12-10(14)17-6-8-2-4-9(5-3-8)13(15)16;/h2-5,7H,6,11H2,1H3,(H,12,14);1H. The molecule has 1 aromatic carbocycles. The molecule has 0 aliphatic carbocycles. The minimum absolute atomic E-state index is 0. The van der Waals surface area contributed by atoms with Crippen molar-refractivity contribution in [3.63, 3.8) is 0 Å². The first-order valence-corrected chi connectivity index (χ1v) is 4.91. The summed E-state index contributed by atoms with van der Waals surface area (Å²) < 4.78 is 4.84. The monoisotopic (exact) mass is 275 g/mol. The smallest absolute Gasteiger partial charge is 0.408 e. The normalized spacial score (nSPS) is 11.0. The molecular formula is C10H14ClN3O4. The molecular weight excluding hydrogens is 262 g/mol. The lowest BCUT2D eigenvalue weighted by molar-refractivity contribution is -0.384. The second-order valence-corrected chi connectivity index (χ2v) is 3.43. The van der Waals surface area contributed by atoms with Crippen LogP contribution in [0.5, 0.6) is 0 Å². The van der Waals surface area contributed by atoms with Crippen LogP contribution in [0.4, 0.5) is 10.5 Å². The number of nitrogens with zero attached hydrogens (tertiary/aromatic N) is 1. The van der Waals surface area contributed by atoms with Crippen LogP contribution >= 0.6 is 12.4 Å². The van der Waals surface area contributed by atoms with Crippen molar-refractivity contribution in [2.24, 2.45) is 5.73 Å². The van der Waals surface area contributed by atoms with E-state index >= 15 is 0 Å². The summed E-state index contributed by atoms with van der Waals surface area (Å²) in [5.41, 5.74) is 5.99. The number of hydrogen-bond acceptors (Lipinski definition) is 5. The zero-order valence-electron chi connectivity index (χ0n) is 9.66. The van der Waals surface area contributed by atoms with Crippen molar-refractivity contribution in [3.05, 3.63) is 39.9 Å². The largest absolute Gasteiger partial charge is 0.445 e. The van der Waals surface area contributed by atoms with E-state index in [1.54, 1.807) is 6.92 Å². The van der Waals surface area contributed by atoms with Crippen LogP contribution in [0.1, 0.15) is 12.5 Å². The van der Waals surface area contributed by atoms with Crippen LogP contribution in [0, 0.1) is 10.1 Å². The molecule has 3 N–H and O–H groups in total. The molecule has 7 nitrogen and oxygen atoms in total. The molecule has 0 fully saturated rings. The number of nitro benzene ring substituents is 1. The summed E-state index contributed by atoms with van der Waals surface area (Å²) in [7, 11) is 0. The lowest BCUT2D eigenvalue weighted by Crippen LogP contribution is -2.39. The summed E-state index contributed by atoms with van der Waals surface area (Å²) >= 11 is 0. The average Bonchev–Trinajstić information content (AvgIpc) is 2.26. The van der Waals surface area contributed by atoms with Gasteiger partial charge in [-0.25, -0.2) is 4.79 Å². The summed E-state index contributed by atoms with van der Waals surface area (Å²) in [6.45, 7) is 1.64. The van der Waals surface area contributed by atoms with E-state index in [4.69, 9.17) is 10.5 Å². The number of alkyl carbamates (subject to hydrolysis) is 1. The molecule has 0 aliphatic heterocycles. The topological polar surface area (TPSA) is 107 Å². The van der Waals surface area contributed by atoms with Gasteiger partial charge in [-0.15, -0.1) is 12.4 Å². The summed E-state index contributed by atoms with van der Waals surface area (Å²) in [4.78, 5) is 21.0. The van der Waals surface area contributed by atoms with Gasteiger partial charge in [0.05, 0.1) is 11.1 Å². The molecule has 1 rings (SSSR count). The SMILES string of the molecule is CC(N)NC(=O)OCc1ccc([N+](=O)[O-])cc1.Cl. The summed E-state index contributed by atoms with van der Waals surface area (Å²) in [6, 6.07) is 5.75. The van der Waals surface area contributed by atoms with Gasteiger partial charge in [0, 0.05) is 12.1 Å². The van der Waals surface area contributed by atoms with Crippen molar-refractivity contribution in [1.82, 2.24) is 5.32 Å². The van der Waals surface area contributed by atoms with Gasteiger partial charge in [-0.2, -0.15) is 0 Å². The van der Waals surface area contributed by atoms with Gasteiger partial charge in [-0.1, -0.05) is 0 Å². The Kier molecular flexibility index (Phi) is 6.69. The van der Waals surface area contributed by atoms with Crippen molar-refractivity contribution in [2.45, 2.75) is 19.7 Å². The zero-order chi connectivity index (χ0) is 12.8. The highest BCUT2D eigenvalue weighted by molar-refractivity contribution is 5.85. The molecule has 18 heavy (non-hydrogen) atoms. The van der Waals surface area contributed by atoms with E-state index in [0.29, 0.717) is 5.56 Å². The highest BCUT2D eigenvalue weighted by Crippen LogP contribution is 2.12. The number of rotatable bonds is 4. The number of ether oxygens (including phenoxy) is 1. The number of benzene rings is 1. The Morgan fingerprint density at radius 1 is 1.50 bits per heavy atom. The number of non-ortho nitro benzene ring substituents is 1. The molecule has 8 heteroatoms. The van der Waals surface area contributed by atoms with E-state index < -0.39 is 17.2 Å². The first-order chi connectivity index (χ1) is 7.99. The maximum absolute atomic E-state index is 11.1. The number of nitrogens with one attached hydrogen (secondary N) is 1. The van der Waals surface area contributed by atoms with Crippen LogP contribution in [-0.4, -0.2) is 17.2 Å². The number of nitrogens with two attached hydrogens (primary N) is 1. The van der Waals surface area contributed by atoms with E-state index in [-0.39, 0.29) is 24.7 Å². The molecule has 0 heterocycles. The van der Waals surface area contributed by atoms with Gasteiger partial charge in [0.1, 0.15) is 6.61 Å². The molecule has 0 bridgehead atoms. The number of carbonyl (C=O) groups excluding carboxylic acids is 1. The Hall–Kier alpha value is -1.86. The first-order valence-electron chi connectivity index (χ1n) is 4.91. The maximum Gasteiger partial charge on any atom is 0.408 e. The molecule has 1 atom stereocenters. The van der Waals surface area contributed by atoms with E-state index in [1.807, 2.05) is 0 Å². The first kappa shape index (κ1) is 16.1. The fourth-order valence-corrected chi connectivity index (χ4v) is 1.09. The molecule has 0 aliphatic rings. The minimum Gasteiger partial charge on any atom is -0.445 e. The molecule has 0 saturated carbocycles. The third-order valence-corrected chi connectivity index (χ3v) is 1.86.